The van der Waals surface area contributed by atoms with Crippen molar-refractivity contribution < 1.29 is 14.3 Å². The Kier molecular flexibility index (Phi) is 6.37. The lowest BCUT2D eigenvalue weighted by atomic mass is 10.1. The number of benzene rings is 2. The Labute approximate surface area is 183 Å². The molecule has 1 saturated carbocycles. The minimum Gasteiger partial charge on any atom is -0.439 e. The second kappa shape index (κ2) is 9.35. The van der Waals surface area contributed by atoms with E-state index < -0.39 is 0 Å². The highest BCUT2D eigenvalue weighted by atomic mass is 16.5. The van der Waals surface area contributed by atoms with Gasteiger partial charge >= 0.3 is 0 Å². The van der Waals surface area contributed by atoms with Gasteiger partial charge in [0, 0.05) is 32.2 Å². The Morgan fingerprint density at radius 2 is 1.94 bits per heavy atom. The number of ether oxygens (including phenoxy) is 2. The second-order valence-corrected chi connectivity index (χ2v) is 8.07. The van der Waals surface area contributed by atoms with Crippen LogP contribution in [0.15, 0.2) is 54.6 Å². The predicted molar refractivity (Wildman–Crippen MR) is 120 cm³/mol. The minimum atomic E-state index is 0.134. The number of rotatable bonds is 9. The number of carbonyl (C=O) groups is 1. The molecule has 0 aliphatic heterocycles. The molecular weight excluding hydrogens is 390 g/mol. The summed E-state index contributed by atoms with van der Waals surface area (Å²) in [6.07, 6.45) is 1.93. The third kappa shape index (κ3) is 4.97. The van der Waals surface area contributed by atoms with E-state index in [-0.39, 0.29) is 11.8 Å². The van der Waals surface area contributed by atoms with Gasteiger partial charge in [-0.2, -0.15) is 5.10 Å². The van der Waals surface area contributed by atoms with Gasteiger partial charge in [0.25, 0.3) is 0 Å². The zero-order chi connectivity index (χ0) is 21.8. The van der Waals surface area contributed by atoms with E-state index in [2.05, 4.69) is 0 Å². The van der Waals surface area contributed by atoms with Crippen LogP contribution < -0.4 is 4.74 Å². The Hall–Kier alpha value is -3.12. The molecule has 0 saturated heterocycles. The summed E-state index contributed by atoms with van der Waals surface area (Å²) in [5.74, 6) is 1.72. The molecule has 0 N–H and O–H groups in total. The molecule has 162 valence electrons. The van der Waals surface area contributed by atoms with E-state index in [4.69, 9.17) is 14.6 Å². The number of carbonyl (C=O) groups excluding carboxylic acids is 1. The van der Waals surface area contributed by atoms with Gasteiger partial charge in [-0.1, -0.05) is 42.5 Å². The number of hydrogen-bond acceptors (Lipinski definition) is 4. The van der Waals surface area contributed by atoms with Crippen LogP contribution in [0.1, 0.15) is 24.0 Å². The van der Waals surface area contributed by atoms with Crippen LogP contribution in [0.2, 0.25) is 0 Å². The predicted octanol–water partition coefficient (Wildman–Crippen LogP) is 4.57. The summed E-state index contributed by atoms with van der Waals surface area (Å²) in [7, 11) is 3.54. The number of amides is 1. The van der Waals surface area contributed by atoms with Gasteiger partial charge in [-0.3, -0.25) is 4.79 Å². The van der Waals surface area contributed by atoms with E-state index in [9.17, 15) is 4.79 Å². The molecule has 6 nitrogen and oxygen atoms in total. The number of hydrogen-bond donors (Lipinski definition) is 0. The first-order valence-corrected chi connectivity index (χ1v) is 10.7. The molecule has 0 spiro atoms. The van der Waals surface area contributed by atoms with Crippen molar-refractivity contribution in [2.24, 2.45) is 13.0 Å². The third-order valence-corrected chi connectivity index (χ3v) is 5.49. The van der Waals surface area contributed by atoms with Crippen LogP contribution >= 0.6 is 0 Å². The van der Waals surface area contributed by atoms with Gasteiger partial charge in [0.05, 0.1) is 18.7 Å². The fourth-order valence-electron chi connectivity index (χ4n) is 3.69. The summed E-state index contributed by atoms with van der Waals surface area (Å²) < 4.78 is 13.3. The Morgan fingerprint density at radius 1 is 1.16 bits per heavy atom. The van der Waals surface area contributed by atoms with Crippen molar-refractivity contribution in [3.63, 3.8) is 0 Å². The Morgan fingerprint density at radius 3 is 2.61 bits per heavy atom. The summed E-state index contributed by atoms with van der Waals surface area (Å²) >= 11 is 0. The maximum absolute atomic E-state index is 13.0. The van der Waals surface area contributed by atoms with Gasteiger partial charge in [0.2, 0.25) is 11.8 Å². The molecule has 1 heterocycles. The second-order valence-electron chi connectivity index (χ2n) is 8.07. The van der Waals surface area contributed by atoms with E-state index in [1.807, 2.05) is 73.5 Å². The van der Waals surface area contributed by atoms with E-state index >= 15 is 0 Å². The van der Waals surface area contributed by atoms with Gasteiger partial charge in [-0.15, -0.1) is 0 Å². The molecule has 1 fully saturated rings. The maximum Gasteiger partial charge on any atom is 0.226 e. The van der Waals surface area contributed by atoms with E-state index in [0.717, 1.165) is 41.0 Å². The average molecular weight is 420 g/mol. The summed E-state index contributed by atoms with van der Waals surface area (Å²) in [4.78, 5) is 14.9. The van der Waals surface area contributed by atoms with Crippen molar-refractivity contribution in [3.8, 4) is 22.9 Å². The number of aryl methyl sites for hydroxylation is 2. The quantitative estimate of drug-likeness (QED) is 0.510. The first-order valence-electron chi connectivity index (χ1n) is 10.7. The maximum atomic E-state index is 13.0. The lowest BCUT2D eigenvalue weighted by Crippen LogP contribution is -2.34. The van der Waals surface area contributed by atoms with Crippen molar-refractivity contribution >= 4 is 5.91 Å². The highest BCUT2D eigenvalue weighted by Crippen LogP contribution is 2.36. The Bertz CT molecular complexity index is 1040. The molecular formula is C25H29N3O3. The topological polar surface area (TPSA) is 56.6 Å². The molecule has 0 radical (unpaired) electrons. The van der Waals surface area contributed by atoms with Crippen LogP contribution in [0.5, 0.6) is 11.6 Å². The first kappa shape index (κ1) is 21.1. The molecule has 1 aliphatic rings. The van der Waals surface area contributed by atoms with Crippen molar-refractivity contribution in [1.82, 2.24) is 14.7 Å². The molecule has 1 aliphatic carbocycles. The highest BCUT2D eigenvalue weighted by molar-refractivity contribution is 5.81. The summed E-state index contributed by atoms with van der Waals surface area (Å²) in [6, 6.07) is 18.0. The smallest absolute Gasteiger partial charge is 0.226 e. The lowest BCUT2D eigenvalue weighted by Gasteiger charge is -2.23. The number of methoxy groups -OCH3 is 1. The molecule has 4 rings (SSSR count). The van der Waals surface area contributed by atoms with Gasteiger partial charge in [-0.05, 0) is 37.5 Å². The summed E-state index contributed by atoms with van der Waals surface area (Å²) in [5, 5.41) is 4.78. The lowest BCUT2D eigenvalue weighted by molar-refractivity contribution is -0.133. The molecule has 6 heteroatoms. The molecule has 0 bridgehead atoms. The zero-order valence-electron chi connectivity index (χ0n) is 18.4. The van der Waals surface area contributed by atoms with Crippen LogP contribution in [0.25, 0.3) is 11.3 Å². The fraction of sp³-hybridized carbons (Fsp3) is 0.360. The SMILES string of the molecule is COCCN(Cc1c(-c2ccccc2)nn(C)c1Oc1cccc(C)c1)C(=O)C1CC1. The van der Waals surface area contributed by atoms with Crippen LogP contribution in [0.4, 0.5) is 0 Å². The summed E-state index contributed by atoms with van der Waals surface area (Å²) in [6.45, 7) is 3.50. The number of nitrogens with zero attached hydrogens (tertiary/aromatic N) is 3. The average Bonchev–Trinajstić information content (AvgIpc) is 3.58. The minimum absolute atomic E-state index is 0.134. The van der Waals surface area contributed by atoms with Crippen LogP contribution in [0, 0.1) is 12.8 Å². The standard InChI is InChI=1S/C25H29N3O3/c1-18-8-7-11-21(16-18)31-25-22(17-28(14-15-30-3)24(29)20-12-13-20)23(26-27(25)2)19-9-5-4-6-10-19/h4-11,16,20H,12-15,17H2,1-3H3. The Balaban J connectivity index is 1.74. The van der Waals surface area contributed by atoms with Crippen molar-refractivity contribution in [2.75, 3.05) is 20.3 Å². The van der Waals surface area contributed by atoms with Crippen LogP contribution in [0.3, 0.4) is 0 Å². The van der Waals surface area contributed by atoms with Gasteiger partial charge in [0.15, 0.2) is 0 Å². The molecule has 1 amide bonds. The monoisotopic (exact) mass is 419 g/mol. The molecule has 2 aromatic carbocycles. The first-order chi connectivity index (χ1) is 15.1. The number of aromatic nitrogens is 2. The van der Waals surface area contributed by atoms with Crippen molar-refractivity contribution in [3.05, 3.63) is 65.7 Å². The van der Waals surface area contributed by atoms with Crippen LogP contribution in [-0.4, -0.2) is 40.8 Å². The normalized spacial score (nSPS) is 13.3. The van der Waals surface area contributed by atoms with Gasteiger partial charge in [-0.25, -0.2) is 4.68 Å². The molecule has 0 unspecified atom stereocenters. The van der Waals surface area contributed by atoms with E-state index in [1.54, 1.807) is 11.8 Å². The largest absolute Gasteiger partial charge is 0.439 e. The molecule has 3 aromatic rings. The molecule has 0 atom stereocenters. The highest BCUT2D eigenvalue weighted by Gasteiger charge is 2.34. The molecule has 31 heavy (non-hydrogen) atoms. The van der Waals surface area contributed by atoms with Gasteiger partial charge in [0.1, 0.15) is 11.4 Å². The van der Waals surface area contributed by atoms with Crippen molar-refractivity contribution in [1.29, 1.82) is 0 Å². The van der Waals surface area contributed by atoms with E-state index in [1.165, 1.54) is 0 Å². The zero-order valence-corrected chi connectivity index (χ0v) is 18.4. The fourth-order valence-corrected chi connectivity index (χ4v) is 3.69. The third-order valence-electron chi connectivity index (χ3n) is 5.49. The van der Waals surface area contributed by atoms with Crippen LogP contribution in [-0.2, 0) is 23.1 Å². The molecule has 1 aromatic heterocycles. The van der Waals surface area contributed by atoms with E-state index in [0.29, 0.717) is 25.6 Å². The van der Waals surface area contributed by atoms with Gasteiger partial charge < -0.3 is 14.4 Å². The summed E-state index contributed by atoms with van der Waals surface area (Å²) in [5.41, 5.74) is 3.85. The van der Waals surface area contributed by atoms with Crippen molar-refractivity contribution in [2.45, 2.75) is 26.3 Å².